The predicted octanol–water partition coefficient (Wildman–Crippen LogP) is 2.90. The van der Waals surface area contributed by atoms with Gasteiger partial charge in [-0.25, -0.2) is 9.50 Å². The zero-order chi connectivity index (χ0) is 22.8. The fourth-order valence-corrected chi connectivity index (χ4v) is 3.97. The van der Waals surface area contributed by atoms with E-state index in [1.165, 1.54) is 0 Å². The molecular weight excluding hydrogens is 418 g/mol. The number of fused-ring (bicyclic) bond motifs is 1. The molecule has 33 heavy (non-hydrogen) atoms. The molecule has 1 aliphatic heterocycles. The second-order valence-electron chi connectivity index (χ2n) is 7.76. The molecule has 0 unspecified atom stereocenters. The van der Waals surface area contributed by atoms with Gasteiger partial charge in [0.25, 0.3) is 5.91 Å². The topological polar surface area (TPSA) is 104 Å². The molecule has 1 saturated heterocycles. The number of hydrogen-bond donors (Lipinski definition) is 1. The molecule has 1 N–H and O–H groups in total. The molecule has 4 aromatic rings. The third-order valence-corrected chi connectivity index (χ3v) is 5.77. The van der Waals surface area contributed by atoms with Gasteiger partial charge in [-0.1, -0.05) is 18.2 Å². The molecule has 0 bridgehead atoms. The Morgan fingerprint density at radius 2 is 1.82 bits per heavy atom. The van der Waals surface area contributed by atoms with Crippen molar-refractivity contribution in [2.75, 3.05) is 26.3 Å². The molecule has 0 radical (unpaired) electrons. The van der Waals surface area contributed by atoms with Crippen molar-refractivity contribution >= 4 is 11.6 Å². The summed E-state index contributed by atoms with van der Waals surface area (Å²) in [6.07, 6.45) is 1.75. The standard InChI is InChI=1S/C25H21N5O3/c26-14-17-1-3-18(4-2-17)23-15-27-24-8-7-22(28-30(23)24)19-5-6-21(20(13-19)16-31)25(32)29-9-11-33-12-10-29/h1-8,13,15,31H,9-12,16H2. The van der Waals surface area contributed by atoms with Gasteiger partial charge >= 0.3 is 0 Å². The Kier molecular flexibility index (Phi) is 5.57. The number of rotatable bonds is 4. The summed E-state index contributed by atoms with van der Waals surface area (Å²) < 4.78 is 7.08. The van der Waals surface area contributed by atoms with E-state index in [1.807, 2.05) is 30.3 Å². The number of aliphatic hydroxyl groups excluding tert-OH is 1. The van der Waals surface area contributed by atoms with E-state index in [0.29, 0.717) is 54.3 Å². The molecule has 5 rings (SSSR count). The quantitative estimate of drug-likeness (QED) is 0.524. The monoisotopic (exact) mass is 439 g/mol. The second-order valence-corrected chi connectivity index (χ2v) is 7.76. The van der Waals surface area contributed by atoms with E-state index in [-0.39, 0.29) is 12.5 Å². The van der Waals surface area contributed by atoms with E-state index in [9.17, 15) is 9.90 Å². The minimum atomic E-state index is -0.247. The molecule has 3 heterocycles. The van der Waals surface area contributed by atoms with Crippen LogP contribution in [-0.2, 0) is 11.3 Å². The fraction of sp³-hybridized carbons (Fsp3) is 0.200. The van der Waals surface area contributed by atoms with Crippen molar-refractivity contribution in [2.24, 2.45) is 0 Å². The van der Waals surface area contributed by atoms with E-state index < -0.39 is 0 Å². The van der Waals surface area contributed by atoms with E-state index in [0.717, 1.165) is 16.8 Å². The fourth-order valence-electron chi connectivity index (χ4n) is 3.97. The molecular formula is C25H21N5O3. The normalized spacial score (nSPS) is 13.8. The highest BCUT2D eigenvalue weighted by Gasteiger charge is 2.21. The Hall–Kier alpha value is -4.06. The van der Waals surface area contributed by atoms with E-state index in [2.05, 4.69) is 11.1 Å². The Labute approximate surface area is 190 Å². The lowest BCUT2D eigenvalue weighted by Gasteiger charge is -2.27. The van der Waals surface area contributed by atoms with Gasteiger partial charge in [-0.2, -0.15) is 10.4 Å². The molecule has 0 saturated carbocycles. The minimum Gasteiger partial charge on any atom is -0.392 e. The average molecular weight is 439 g/mol. The zero-order valence-electron chi connectivity index (χ0n) is 17.8. The first-order valence-electron chi connectivity index (χ1n) is 10.6. The average Bonchev–Trinajstić information content (AvgIpc) is 3.31. The lowest BCUT2D eigenvalue weighted by Crippen LogP contribution is -2.41. The molecule has 1 fully saturated rings. The number of carbonyl (C=O) groups excluding carboxylic acids is 1. The van der Waals surface area contributed by atoms with Crippen LogP contribution in [0.15, 0.2) is 60.8 Å². The molecule has 0 atom stereocenters. The highest BCUT2D eigenvalue weighted by Crippen LogP contribution is 2.25. The van der Waals surface area contributed by atoms with Gasteiger partial charge in [-0.05, 0) is 42.0 Å². The maximum Gasteiger partial charge on any atom is 0.254 e. The summed E-state index contributed by atoms with van der Waals surface area (Å²) in [6.45, 7) is 1.89. The van der Waals surface area contributed by atoms with Crippen LogP contribution in [0.3, 0.4) is 0 Å². The number of aromatic nitrogens is 3. The van der Waals surface area contributed by atoms with Crippen LogP contribution in [0, 0.1) is 11.3 Å². The number of benzene rings is 2. The second kappa shape index (κ2) is 8.82. The van der Waals surface area contributed by atoms with Gasteiger partial charge in [-0.15, -0.1) is 0 Å². The summed E-state index contributed by atoms with van der Waals surface area (Å²) in [5, 5.41) is 23.8. The van der Waals surface area contributed by atoms with Gasteiger partial charge in [0.1, 0.15) is 0 Å². The van der Waals surface area contributed by atoms with Gasteiger partial charge < -0.3 is 14.7 Å². The third-order valence-electron chi connectivity index (χ3n) is 5.77. The number of nitrogens with zero attached hydrogens (tertiary/aromatic N) is 5. The summed E-state index contributed by atoms with van der Waals surface area (Å²) in [7, 11) is 0. The summed E-state index contributed by atoms with van der Waals surface area (Å²) in [6, 6.07) is 18.5. The molecule has 164 valence electrons. The van der Waals surface area contributed by atoms with Crippen molar-refractivity contribution < 1.29 is 14.6 Å². The number of imidazole rings is 1. The van der Waals surface area contributed by atoms with Crippen molar-refractivity contribution in [2.45, 2.75) is 6.61 Å². The number of amides is 1. The zero-order valence-corrected chi connectivity index (χ0v) is 17.8. The maximum atomic E-state index is 12.9. The highest BCUT2D eigenvalue weighted by atomic mass is 16.5. The lowest BCUT2D eigenvalue weighted by molar-refractivity contribution is 0.0301. The van der Waals surface area contributed by atoms with Crippen LogP contribution >= 0.6 is 0 Å². The van der Waals surface area contributed by atoms with Gasteiger partial charge in [0.05, 0.1) is 49.0 Å². The van der Waals surface area contributed by atoms with Crippen molar-refractivity contribution in [3.8, 4) is 28.6 Å². The minimum absolute atomic E-state index is 0.102. The van der Waals surface area contributed by atoms with Crippen LogP contribution in [0.25, 0.3) is 28.2 Å². The van der Waals surface area contributed by atoms with Gasteiger partial charge in [0.2, 0.25) is 0 Å². The molecule has 2 aromatic carbocycles. The van der Waals surface area contributed by atoms with Gasteiger partial charge in [-0.3, -0.25) is 4.79 Å². The van der Waals surface area contributed by atoms with Crippen LogP contribution in [0.5, 0.6) is 0 Å². The predicted molar refractivity (Wildman–Crippen MR) is 121 cm³/mol. The molecule has 8 heteroatoms. The van der Waals surface area contributed by atoms with Crippen LogP contribution in [0.2, 0.25) is 0 Å². The number of hydrogen-bond acceptors (Lipinski definition) is 6. The molecule has 8 nitrogen and oxygen atoms in total. The van der Waals surface area contributed by atoms with Gasteiger partial charge in [0.15, 0.2) is 5.65 Å². The van der Waals surface area contributed by atoms with Gasteiger partial charge in [0, 0.05) is 29.8 Å². The Morgan fingerprint density at radius 3 is 2.55 bits per heavy atom. The molecule has 1 amide bonds. The number of ether oxygens (including phenoxy) is 1. The Balaban J connectivity index is 1.51. The van der Waals surface area contributed by atoms with Crippen molar-refractivity contribution in [3.63, 3.8) is 0 Å². The molecule has 2 aromatic heterocycles. The molecule has 0 spiro atoms. The van der Waals surface area contributed by atoms with Crippen LogP contribution < -0.4 is 0 Å². The van der Waals surface area contributed by atoms with Crippen molar-refractivity contribution in [1.82, 2.24) is 19.5 Å². The SMILES string of the molecule is N#Cc1ccc(-c2cnc3ccc(-c4ccc(C(=O)N5CCOCC5)c(CO)c4)nn23)cc1. The van der Waals surface area contributed by atoms with E-state index in [4.69, 9.17) is 15.1 Å². The Morgan fingerprint density at radius 1 is 1.06 bits per heavy atom. The Bertz CT molecular complexity index is 1370. The number of nitriles is 1. The molecule has 1 aliphatic rings. The van der Waals surface area contributed by atoms with Crippen LogP contribution in [0.1, 0.15) is 21.5 Å². The first-order valence-corrected chi connectivity index (χ1v) is 10.6. The number of aliphatic hydroxyl groups is 1. The summed E-state index contributed by atoms with van der Waals surface area (Å²) >= 11 is 0. The van der Waals surface area contributed by atoms with Crippen LogP contribution in [-0.4, -0.2) is 56.8 Å². The highest BCUT2D eigenvalue weighted by molar-refractivity contribution is 5.96. The first-order chi connectivity index (χ1) is 16.2. The maximum absolute atomic E-state index is 12.9. The van der Waals surface area contributed by atoms with E-state index >= 15 is 0 Å². The van der Waals surface area contributed by atoms with Crippen molar-refractivity contribution in [1.29, 1.82) is 5.26 Å². The molecule has 0 aliphatic carbocycles. The largest absolute Gasteiger partial charge is 0.392 e. The van der Waals surface area contributed by atoms with Crippen molar-refractivity contribution in [3.05, 3.63) is 77.5 Å². The lowest BCUT2D eigenvalue weighted by atomic mass is 10.0. The first kappa shape index (κ1) is 20.8. The third kappa shape index (κ3) is 3.96. The smallest absolute Gasteiger partial charge is 0.254 e. The summed E-state index contributed by atoms with van der Waals surface area (Å²) in [5.41, 5.74) is 5.51. The number of morpholine rings is 1. The summed E-state index contributed by atoms with van der Waals surface area (Å²) in [4.78, 5) is 19.1. The van der Waals surface area contributed by atoms with E-state index in [1.54, 1.807) is 39.9 Å². The number of carbonyl (C=O) groups is 1. The van der Waals surface area contributed by atoms with Crippen LogP contribution in [0.4, 0.5) is 0 Å². The summed E-state index contributed by atoms with van der Waals surface area (Å²) in [5.74, 6) is -0.102.